The highest BCUT2D eigenvalue weighted by molar-refractivity contribution is 5.85. The summed E-state index contributed by atoms with van der Waals surface area (Å²) in [7, 11) is 0. The molecule has 8 heteroatoms. The molecule has 2 amide bonds. The average Bonchev–Trinajstić information content (AvgIpc) is 2.22. The van der Waals surface area contributed by atoms with E-state index in [-0.39, 0.29) is 12.8 Å². The van der Waals surface area contributed by atoms with Gasteiger partial charge in [-0.3, -0.25) is 14.4 Å². The summed E-state index contributed by atoms with van der Waals surface area (Å²) in [5, 5.41) is 21.7. The van der Waals surface area contributed by atoms with Crippen molar-refractivity contribution in [2.45, 2.75) is 38.8 Å². The Hall–Kier alpha value is -2.12. The minimum Gasteiger partial charge on any atom is -0.480 e. The fraction of sp³-hybridized carbons (Fsp3) is 0.600. The molecule has 8 nitrogen and oxygen atoms in total. The molecule has 0 aromatic carbocycles. The number of carboxylic acids is 2. The molecule has 0 rings (SSSR count). The summed E-state index contributed by atoms with van der Waals surface area (Å²) in [5.74, 6) is -3.52. The summed E-state index contributed by atoms with van der Waals surface area (Å²) in [6, 6.07) is -2.20. The Balaban J connectivity index is 4.19. The summed E-state index contributed by atoms with van der Waals surface area (Å²) in [4.78, 5) is 43.2. The van der Waals surface area contributed by atoms with Crippen molar-refractivity contribution in [1.82, 2.24) is 10.6 Å². The van der Waals surface area contributed by atoms with E-state index in [1.165, 1.54) is 13.8 Å². The van der Waals surface area contributed by atoms with Gasteiger partial charge in [-0.25, -0.2) is 4.79 Å². The van der Waals surface area contributed by atoms with Crippen LogP contribution in [-0.2, 0) is 19.2 Å². The SMILES string of the molecule is CC(=O)NC(CCC(=O)NC(C)C(=O)O)C(=O)O. The van der Waals surface area contributed by atoms with Crippen LogP contribution in [0.15, 0.2) is 0 Å². The lowest BCUT2D eigenvalue weighted by atomic mass is 10.1. The monoisotopic (exact) mass is 260 g/mol. The first-order valence-electron chi connectivity index (χ1n) is 5.26. The lowest BCUT2D eigenvalue weighted by Gasteiger charge is -2.14. The molecule has 18 heavy (non-hydrogen) atoms. The Labute approximate surface area is 103 Å². The highest BCUT2D eigenvalue weighted by atomic mass is 16.4. The highest BCUT2D eigenvalue weighted by Crippen LogP contribution is 1.99. The van der Waals surface area contributed by atoms with Crippen molar-refractivity contribution >= 4 is 23.8 Å². The quantitative estimate of drug-likeness (QED) is 0.461. The van der Waals surface area contributed by atoms with Crippen molar-refractivity contribution < 1.29 is 29.4 Å². The van der Waals surface area contributed by atoms with Crippen molar-refractivity contribution in [3.63, 3.8) is 0 Å². The molecule has 2 atom stereocenters. The molecule has 2 unspecified atom stereocenters. The third-order valence-electron chi connectivity index (χ3n) is 2.08. The molecule has 0 bridgehead atoms. The van der Waals surface area contributed by atoms with Gasteiger partial charge in [-0.05, 0) is 13.3 Å². The van der Waals surface area contributed by atoms with Gasteiger partial charge in [0, 0.05) is 13.3 Å². The third kappa shape index (κ3) is 6.46. The summed E-state index contributed by atoms with van der Waals surface area (Å²) in [6.07, 6.45) is -0.290. The van der Waals surface area contributed by atoms with Crippen LogP contribution in [0.4, 0.5) is 0 Å². The lowest BCUT2D eigenvalue weighted by Crippen LogP contribution is -2.42. The van der Waals surface area contributed by atoms with Crippen LogP contribution in [0.2, 0.25) is 0 Å². The van der Waals surface area contributed by atoms with Gasteiger partial charge in [0.15, 0.2) is 0 Å². The zero-order valence-corrected chi connectivity index (χ0v) is 10.1. The maximum absolute atomic E-state index is 11.3. The molecule has 0 spiro atoms. The van der Waals surface area contributed by atoms with Crippen molar-refractivity contribution in [3.05, 3.63) is 0 Å². The van der Waals surface area contributed by atoms with E-state index < -0.39 is 35.8 Å². The van der Waals surface area contributed by atoms with E-state index in [4.69, 9.17) is 10.2 Å². The van der Waals surface area contributed by atoms with E-state index in [1.54, 1.807) is 0 Å². The molecule has 0 aromatic heterocycles. The van der Waals surface area contributed by atoms with Crippen LogP contribution in [0.5, 0.6) is 0 Å². The van der Waals surface area contributed by atoms with Crippen LogP contribution in [0, 0.1) is 0 Å². The summed E-state index contributed by atoms with van der Waals surface area (Å²) >= 11 is 0. The molecule has 0 aliphatic rings. The predicted molar refractivity (Wildman–Crippen MR) is 59.7 cm³/mol. The maximum atomic E-state index is 11.3. The van der Waals surface area contributed by atoms with E-state index >= 15 is 0 Å². The molecular weight excluding hydrogens is 244 g/mol. The molecule has 4 N–H and O–H groups in total. The standard InChI is InChI=1S/C10H16N2O6/c1-5(9(15)16)11-8(14)4-3-7(10(17)18)12-6(2)13/h5,7H,3-4H2,1-2H3,(H,11,14)(H,12,13)(H,15,16)(H,17,18). The van der Waals surface area contributed by atoms with Crippen LogP contribution >= 0.6 is 0 Å². The van der Waals surface area contributed by atoms with E-state index in [2.05, 4.69) is 10.6 Å². The number of carbonyl (C=O) groups is 4. The predicted octanol–water partition coefficient (Wildman–Crippen LogP) is -1.05. The fourth-order valence-corrected chi connectivity index (χ4v) is 1.15. The van der Waals surface area contributed by atoms with Crippen LogP contribution in [-0.4, -0.2) is 46.0 Å². The molecule has 102 valence electrons. The van der Waals surface area contributed by atoms with E-state index in [1.807, 2.05) is 0 Å². The number of rotatable bonds is 7. The van der Waals surface area contributed by atoms with Crippen molar-refractivity contribution in [1.29, 1.82) is 0 Å². The minimum absolute atomic E-state index is 0.104. The third-order valence-corrected chi connectivity index (χ3v) is 2.08. The van der Waals surface area contributed by atoms with Crippen molar-refractivity contribution in [2.24, 2.45) is 0 Å². The second-order valence-electron chi connectivity index (χ2n) is 3.76. The number of amides is 2. The molecule has 0 aliphatic heterocycles. The molecule has 0 saturated carbocycles. The maximum Gasteiger partial charge on any atom is 0.326 e. The van der Waals surface area contributed by atoms with Gasteiger partial charge < -0.3 is 20.8 Å². The van der Waals surface area contributed by atoms with Gasteiger partial charge in [-0.15, -0.1) is 0 Å². The first-order valence-corrected chi connectivity index (χ1v) is 5.26. The fourth-order valence-electron chi connectivity index (χ4n) is 1.15. The summed E-state index contributed by atoms with van der Waals surface area (Å²) in [5.41, 5.74) is 0. The zero-order chi connectivity index (χ0) is 14.3. The van der Waals surface area contributed by atoms with E-state index in [9.17, 15) is 19.2 Å². The van der Waals surface area contributed by atoms with Crippen LogP contribution in [0.25, 0.3) is 0 Å². The molecule has 0 fully saturated rings. The smallest absolute Gasteiger partial charge is 0.326 e. The van der Waals surface area contributed by atoms with Crippen LogP contribution in [0.3, 0.4) is 0 Å². The summed E-state index contributed by atoms with van der Waals surface area (Å²) in [6.45, 7) is 2.46. The second kappa shape index (κ2) is 7.25. The molecule has 0 aliphatic carbocycles. The Morgan fingerprint density at radius 3 is 2.00 bits per heavy atom. The molecule has 0 radical (unpaired) electrons. The first kappa shape index (κ1) is 15.9. The molecular formula is C10H16N2O6. The van der Waals surface area contributed by atoms with Crippen molar-refractivity contribution in [2.75, 3.05) is 0 Å². The number of aliphatic carboxylic acids is 2. The van der Waals surface area contributed by atoms with Gasteiger partial charge in [0.05, 0.1) is 0 Å². The molecule has 0 heterocycles. The average molecular weight is 260 g/mol. The van der Waals surface area contributed by atoms with E-state index in [0.29, 0.717) is 0 Å². The van der Waals surface area contributed by atoms with Gasteiger partial charge >= 0.3 is 11.9 Å². The minimum atomic E-state index is -1.25. The Bertz CT molecular complexity index is 354. The Kier molecular flexibility index (Phi) is 6.40. The lowest BCUT2D eigenvalue weighted by molar-refractivity contribution is -0.143. The van der Waals surface area contributed by atoms with Crippen LogP contribution in [0.1, 0.15) is 26.7 Å². The normalized spacial score (nSPS) is 13.2. The molecule has 0 saturated heterocycles. The number of nitrogens with one attached hydrogen (secondary N) is 2. The van der Waals surface area contributed by atoms with Crippen molar-refractivity contribution in [3.8, 4) is 0 Å². The van der Waals surface area contributed by atoms with Gasteiger partial charge in [-0.1, -0.05) is 0 Å². The second-order valence-corrected chi connectivity index (χ2v) is 3.76. The number of carboxylic acid groups (broad SMARTS) is 2. The highest BCUT2D eigenvalue weighted by Gasteiger charge is 2.20. The summed E-state index contributed by atoms with van der Waals surface area (Å²) < 4.78 is 0. The topological polar surface area (TPSA) is 133 Å². The number of hydrogen-bond donors (Lipinski definition) is 4. The van der Waals surface area contributed by atoms with Crippen LogP contribution < -0.4 is 10.6 Å². The zero-order valence-electron chi connectivity index (χ0n) is 10.1. The Morgan fingerprint density at radius 1 is 1.06 bits per heavy atom. The van der Waals surface area contributed by atoms with Gasteiger partial charge in [0.25, 0.3) is 0 Å². The molecule has 0 aromatic rings. The van der Waals surface area contributed by atoms with Gasteiger partial charge in [0.1, 0.15) is 12.1 Å². The first-order chi connectivity index (χ1) is 8.23. The largest absolute Gasteiger partial charge is 0.480 e. The van der Waals surface area contributed by atoms with E-state index in [0.717, 1.165) is 0 Å². The number of carbonyl (C=O) groups excluding carboxylic acids is 2. The Morgan fingerprint density at radius 2 is 1.61 bits per heavy atom. The van der Waals surface area contributed by atoms with Gasteiger partial charge in [-0.2, -0.15) is 0 Å². The number of hydrogen-bond acceptors (Lipinski definition) is 4. The van der Waals surface area contributed by atoms with Gasteiger partial charge in [0.2, 0.25) is 11.8 Å².